The van der Waals surface area contributed by atoms with E-state index in [0.29, 0.717) is 17.7 Å². The topological polar surface area (TPSA) is 21.3 Å². The number of piperidine rings is 1. The minimum absolute atomic E-state index is 0.294. The van der Waals surface area contributed by atoms with E-state index in [1.165, 1.54) is 12.1 Å². The Kier molecular flexibility index (Phi) is 4.16. The zero-order valence-electron chi connectivity index (χ0n) is 9.01. The molecule has 1 aromatic rings. The highest BCUT2D eigenvalue weighted by atomic mass is 35.5. The van der Waals surface area contributed by atoms with Crippen molar-refractivity contribution < 1.29 is 9.13 Å². The highest BCUT2D eigenvalue weighted by Crippen LogP contribution is 2.19. The Hall–Kier alpha value is -0.640. The fourth-order valence-corrected chi connectivity index (χ4v) is 2.03. The van der Waals surface area contributed by atoms with Crippen molar-refractivity contribution in [3.63, 3.8) is 0 Å². The van der Waals surface area contributed by atoms with Crippen LogP contribution in [0, 0.1) is 5.82 Å². The Balaban J connectivity index is 1.88. The van der Waals surface area contributed by atoms with Crippen LogP contribution in [0.4, 0.5) is 4.39 Å². The van der Waals surface area contributed by atoms with Crippen LogP contribution < -0.4 is 5.32 Å². The van der Waals surface area contributed by atoms with E-state index in [1.54, 1.807) is 6.07 Å². The van der Waals surface area contributed by atoms with Crippen LogP contribution in [0.3, 0.4) is 0 Å². The van der Waals surface area contributed by atoms with Crippen LogP contribution in [0.5, 0.6) is 0 Å². The second-order valence-corrected chi connectivity index (χ2v) is 4.40. The molecule has 1 aliphatic heterocycles. The van der Waals surface area contributed by atoms with Gasteiger partial charge >= 0.3 is 0 Å². The van der Waals surface area contributed by atoms with Crippen molar-refractivity contribution in [3.8, 4) is 0 Å². The Labute approximate surface area is 99.7 Å². The number of ether oxygens (including phenoxy) is 1. The predicted octanol–water partition coefficient (Wildman–Crippen LogP) is 2.75. The third kappa shape index (κ3) is 3.17. The van der Waals surface area contributed by atoms with Crippen molar-refractivity contribution in [1.29, 1.82) is 0 Å². The molecule has 1 fully saturated rings. The molecular weight excluding hydrogens is 229 g/mol. The summed E-state index contributed by atoms with van der Waals surface area (Å²) < 4.78 is 18.6. The highest BCUT2D eigenvalue weighted by Gasteiger charge is 2.13. The van der Waals surface area contributed by atoms with Crippen molar-refractivity contribution in [2.75, 3.05) is 13.1 Å². The zero-order valence-corrected chi connectivity index (χ0v) is 9.77. The molecule has 2 nitrogen and oxygen atoms in total. The van der Waals surface area contributed by atoms with E-state index in [-0.39, 0.29) is 5.82 Å². The number of nitrogens with one attached hydrogen (secondary N) is 1. The second kappa shape index (κ2) is 5.62. The van der Waals surface area contributed by atoms with Crippen LogP contribution in [0.25, 0.3) is 0 Å². The summed E-state index contributed by atoms with van der Waals surface area (Å²) in [4.78, 5) is 0. The lowest BCUT2D eigenvalue weighted by atomic mass is 10.1. The molecule has 0 aliphatic carbocycles. The molecule has 1 aliphatic rings. The van der Waals surface area contributed by atoms with Gasteiger partial charge in [-0.05, 0) is 43.6 Å². The first-order valence-corrected chi connectivity index (χ1v) is 5.90. The summed E-state index contributed by atoms with van der Waals surface area (Å²) in [5, 5.41) is 3.71. The first kappa shape index (κ1) is 11.8. The quantitative estimate of drug-likeness (QED) is 0.882. The van der Waals surface area contributed by atoms with E-state index in [9.17, 15) is 4.39 Å². The van der Waals surface area contributed by atoms with E-state index >= 15 is 0 Å². The molecule has 0 bridgehead atoms. The van der Waals surface area contributed by atoms with Gasteiger partial charge in [0.15, 0.2) is 0 Å². The Morgan fingerprint density at radius 3 is 2.81 bits per heavy atom. The van der Waals surface area contributed by atoms with Crippen molar-refractivity contribution in [1.82, 2.24) is 5.32 Å². The number of rotatable bonds is 3. The predicted molar refractivity (Wildman–Crippen MR) is 62.1 cm³/mol. The van der Waals surface area contributed by atoms with Crippen LogP contribution in [-0.2, 0) is 11.3 Å². The smallest absolute Gasteiger partial charge is 0.124 e. The summed E-state index contributed by atoms with van der Waals surface area (Å²) in [5.41, 5.74) is 0.849. The molecule has 1 aromatic carbocycles. The van der Waals surface area contributed by atoms with Crippen molar-refractivity contribution in [2.45, 2.75) is 25.6 Å². The molecule has 0 saturated carbocycles. The van der Waals surface area contributed by atoms with Crippen LogP contribution in [0.2, 0.25) is 5.02 Å². The first-order valence-electron chi connectivity index (χ1n) is 5.52. The summed E-state index contributed by atoms with van der Waals surface area (Å²) in [7, 11) is 0. The maximum absolute atomic E-state index is 12.8. The van der Waals surface area contributed by atoms with Crippen LogP contribution >= 0.6 is 11.6 Å². The lowest BCUT2D eigenvalue weighted by Gasteiger charge is -2.23. The van der Waals surface area contributed by atoms with Gasteiger partial charge in [0.25, 0.3) is 0 Å². The molecule has 1 saturated heterocycles. The summed E-state index contributed by atoms with van der Waals surface area (Å²) in [6, 6.07) is 4.41. The molecule has 1 heterocycles. The lowest BCUT2D eigenvalue weighted by Crippen LogP contribution is -2.32. The molecule has 0 atom stereocenters. The molecule has 16 heavy (non-hydrogen) atoms. The van der Waals surface area contributed by atoms with Gasteiger partial charge in [-0.15, -0.1) is 0 Å². The molecule has 0 aromatic heterocycles. The van der Waals surface area contributed by atoms with E-state index in [1.807, 2.05) is 0 Å². The SMILES string of the molecule is Fc1ccc(COC2CCNCC2)c(Cl)c1. The van der Waals surface area contributed by atoms with Crippen molar-refractivity contribution in [3.05, 3.63) is 34.6 Å². The molecule has 0 radical (unpaired) electrons. The van der Waals surface area contributed by atoms with E-state index in [2.05, 4.69) is 5.32 Å². The largest absolute Gasteiger partial charge is 0.373 e. The summed E-state index contributed by atoms with van der Waals surface area (Å²) >= 11 is 5.91. The number of halogens is 2. The fraction of sp³-hybridized carbons (Fsp3) is 0.500. The minimum atomic E-state index is -0.310. The van der Waals surface area contributed by atoms with Gasteiger partial charge in [0.05, 0.1) is 12.7 Å². The second-order valence-electron chi connectivity index (χ2n) is 4.00. The minimum Gasteiger partial charge on any atom is -0.373 e. The Morgan fingerprint density at radius 1 is 1.38 bits per heavy atom. The maximum Gasteiger partial charge on any atom is 0.124 e. The van der Waals surface area contributed by atoms with Gasteiger partial charge in [-0.2, -0.15) is 0 Å². The number of benzene rings is 1. The van der Waals surface area contributed by atoms with Crippen LogP contribution in [0.15, 0.2) is 18.2 Å². The average molecular weight is 244 g/mol. The molecule has 0 amide bonds. The first-order chi connectivity index (χ1) is 7.75. The lowest BCUT2D eigenvalue weighted by molar-refractivity contribution is 0.0212. The van der Waals surface area contributed by atoms with Gasteiger partial charge in [-0.25, -0.2) is 4.39 Å². The Bertz CT molecular complexity index is 353. The van der Waals surface area contributed by atoms with Crippen molar-refractivity contribution >= 4 is 11.6 Å². The van der Waals surface area contributed by atoms with Gasteiger partial charge in [0.1, 0.15) is 5.82 Å². The third-order valence-corrected chi connectivity index (χ3v) is 3.13. The molecule has 88 valence electrons. The monoisotopic (exact) mass is 243 g/mol. The summed E-state index contributed by atoms with van der Waals surface area (Å²) in [6.07, 6.45) is 2.35. The fourth-order valence-electron chi connectivity index (χ4n) is 1.81. The standard InChI is InChI=1S/C12H15ClFNO/c13-12-7-10(14)2-1-9(12)8-16-11-3-5-15-6-4-11/h1-2,7,11,15H,3-6,8H2. The number of hydrogen-bond donors (Lipinski definition) is 1. The Morgan fingerprint density at radius 2 is 2.12 bits per heavy atom. The van der Waals surface area contributed by atoms with Crippen LogP contribution in [-0.4, -0.2) is 19.2 Å². The van der Waals surface area contributed by atoms with Gasteiger partial charge in [-0.1, -0.05) is 17.7 Å². The summed E-state index contributed by atoms with van der Waals surface area (Å²) in [6.45, 7) is 2.47. The molecular formula is C12H15ClFNO. The number of hydrogen-bond acceptors (Lipinski definition) is 2. The zero-order chi connectivity index (χ0) is 11.4. The van der Waals surface area contributed by atoms with Crippen LogP contribution in [0.1, 0.15) is 18.4 Å². The van der Waals surface area contributed by atoms with E-state index < -0.39 is 0 Å². The molecule has 2 rings (SSSR count). The van der Waals surface area contributed by atoms with Crippen molar-refractivity contribution in [2.24, 2.45) is 0 Å². The molecule has 4 heteroatoms. The molecule has 1 N–H and O–H groups in total. The molecule has 0 spiro atoms. The molecule has 0 unspecified atom stereocenters. The van der Waals surface area contributed by atoms with Gasteiger partial charge < -0.3 is 10.1 Å². The van der Waals surface area contributed by atoms with E-state index in [4.69, 9.17) is 16.3 Å². The highest BCUT2D eigenvalue weighted by molar-refractivity contribution is 6.31. The van der Waals surface area contributed by atoms with Gasteiger partial charge in [-0.3, -0.25) is 0 Å². The normalized spacial score (nSPS) is 17.6. The van der Waals surface area contributed by atoms with Gasteiger partial charge in [0.2, 0.25) is 0 Å². The summed E-state index contributed by atoms with van der Waals surface area (Å²) in [5.74, 6) is -0.310. The average Bonchev–Trinajstić information content (AvgIpc) is 2.29. The third-order valence-electron chi connectivity index (χ3n) is 2.78. The van der Waals surface area contributed by atoms with Gasteiger partial charge in [0, 0.05) is 5.02 Å². The maximum atomic E-state index is 12.8. The van der Waals surface area contributed by atoms with E-state index in [0.717, 1.165) is 31.5 Å².